The van der Waals surface area contributed by atoms with Crippen LogP contribution in [-0.4, -0.2) is 4.57 Å². The molecular formula is C64H44N2S. The minimum absolute atomic E-state index is 1.04. The van der Waals surface area contributed by atoms with Crippen molar-refractivity contribution in [2.24, 2.45) is 0 Å². The fraction of sp³-hybridized carbons (Fsp3) is 0.0312. The van der Waals surface area contributed by atoms with Crippen LogP contribution in [0.4, 0.5) is 17.1 Å². The van der Waals surface area contributed by atoms with Gasteiger partial charge in [0.1, 0.15) is 0 Å². The number of nitrogens with zero attached hydrogens (tertiary/aromatic N) is 2. The van der Waals surface area contributed by atoms with Gasteiger partial charge in [0.2, 0.25) is 0 Å². The maximum atomic E-state index is 2.47. The maximum absolute atomic E-state index is 2.47. The van der Waals surface area contributed by atoms with Gasteiger partial charge in [-0.1, -0.05) is 170 Å². The predicted octanol–water partition coefficient (Wildman–Crippen LogP) is 18.2. The molecule has 0 unspecified atom stereocenters. The molecule has 0 N–H and O–H groups in total. The number of hydrogen-bond acceptors (Lipinski definition) is 2. The third-order valence-corrected chi connectivity index (χ3v) is 14.9. The predicted molar refractivity (Wildman–Crippen MR) is 287 cm³/mol. The average molecular weight is 873 g/mol. The summed E-state index contributed by atoms with van der Waals surface area (Å²) in [6.45, 7) is 0. The highest BCUT2D eigenvalue weighted by atomic mass is 32.1. The van der Waals surface area contributed by atoms with E-state index in [2.05, 4.69) is 252 Å². The van der Waals surface area contributed by atoms with E-state index in [9.17, 15) is 0 Å². The summed E-state index contributed by atoms with van der Waals surface area (Å²) >= 11 is 1.88. The Labute approximate surface area is 394 Å². The second-order valence-electron chi connectivity index (χ2n) is 17.6. The molecule has 0 amide bonds. The standard InChI is InChI=1S/C64H44N2S/c1-2-13-47-41-51(27-26-43(47)12-1)49-15-9-14-48(40-49)44-28-34-52(35-29-44)65(54-38-32-46(33-39-54)56-21-11-22-60-59-20-5-8-25-63(59)67-64(56)60)53-36-30-45(31-37-53)50-16-10-17-55(42-50)66-61-23-6-3-18-57(61)58-19-4-7-24-62(58)66/h1-6,8-23,25-42H,7,24H2. The summed E-state index contributed by atoms with van der Waals surface area (Å²) in [7, 11) is 0. The lowest BCUT2D eigenvalue weighted by Crippen LogP contribution is -2.09. The van der Waals surface area contributed by atoms with Crippen LogP contribution in [-0.2, 0) is 6.42 Å². The Morgan fingerprint density at radius 1 is 0.403 bits per heavy atom. The maximum Gasteiger partial charge on any atom is 0.0537 e. The van der Waals surface area contributed by atoms with Crippen molar-refractivity contribution in [2.75, 3.05) is 4.90 Å². The van der Waals surface area contributed by atoms with Crippen molar-refractivity contribution in [3.8, 4) is 50.2 Å². The first kappa shape index (κ1) is 39.2. The molecule has 10 aromatic carbocycles. The van der Waals surface area contributed by atoms with Crippen molar-refractivity contribution >= 4 is 76.3 Å². The third kappa shape index (κ3) is 6.95. The van der Waals surface area contributed by atoms with E-state index >= 15 is 0 Å². The second-order valence-corrected chi connectivity index (χ2v) is 18.7. The van der Waals surface area contributed by atoms with Crippen molar-refractivity contribution in [3.63, 3.8) is 0 Å². The molecular weight excluding hydrogens is 829 g/mol. The van der Waals surface area contributed by atoms with Gasteiger partial charge >= 0.3 is 0 Å². The molecule has 0 bridgehead atoms. The number of rotatable bonds is 8. The van der Waals surface area contributed by atoms with Gasteiger partial charge in [-0.25, -0.2) is 0 Å². The molecule has 13 rings (SSSR count). The van der Waals surface area contributed by atoms with Crippen molar-refractivity contribution in [2.45, 2.75) is 12.8 Å². The van der Waals surface area contributed by atoms with E-state index in [4.69, 9.17) is 0 Å². The highest BCUT2D eigenvalue weighted by Crippen LogP contribution is 2.43. The van der Waals surface area contributed by atoms with Crippen molar-refractivity contribution in [1.29, 1.82) is 0 Å². The van der Waals surface area contributed by atoms with E-state index in [1.165, 1.54) is 103 Å². The van der Waals surface area contributed by atoms with Crippen LogP contribution in [0.3, 0.4) is 0 Å². The first-order valence-electron chi connectivity index (χ1n) is 23.2. The molecule has 0 radical (unpaired) electrons. The number of allylic oxidation sites excluding steroid dienone is 1. The molecule has 1 aliphatic carbocycles. The molecule has 0 saturated carbocycles. The summed E-state index contributed by atoms with van der Waals surface area (Å²) in [5.41, 5.74) is 18.2. The first-order chi connectivity index (χ1) is 33.2. The molecule has 0 saturated heterocycles. The average Bonchev–Trinajstić information content (AvgIpc) is 3.96. The van der Waals surface area contributed by atoms with Crippen LogP contribution in [0.15, 0.2) is 237 Å². The quantitative estimate of drug-likeness (QED) is 0.148. The van der Waals surface area contributed by atoms with E-state index in [0.717, 1.165) is 29.9 Å². The van der Waals surface area contributed by atoms with Gasteiger partial charge in [0.05, 0.1) is 5.52 Å². The largest absolute Gasteiger partial charge is 0.313 e. The summed E-state index contributed by atoms with van der Waals surface area (Å²) in [4.78, 5) is 2.38. The topological polar surface area (TPSA) is 8.17 Å². The number of benzene rings is 10. The molecule has 67 heavy (non-hydrogen) atoms. The molecule has 12 aromatic rings. The summed E-state index contributed by atoms with van der Waals surface area (Å²) in [5.74, 6) is 0. The van der Waals surface area contributed by atoms with Crippen molar-refractivity contribution in [3.05, 3.63) is 248 Å². The van der Waals surface area contributed by atoms with Crippen LogP contribution in [0, 0.1) is 0 Å². The second kappa shape index (κ2) is 16.3. The number of hydrogen-bond donors (Lipinski definition) is 0. The number of fused-ring (bicyclic) bond motifs is 7. The minimum atomic E-state index is 1.04. The van der Waals surface area contributed by atoms with Crippen molar-refractivity contribution in [1.82, 2.24) is 4.57 Å². The summed E-state index contributed by atoms with van der Waals surface area (Å²) in [5, 5.41) is 6.46. The molecule has 1 aliphatic rings. The fourth-order valence-electron chi connectivity index (χ4n) is 10.4. The zero-order chi connectivity index (χ0) is 44.3. The lowest BCUT2D eigenvalue weighted by atomic mass is 9.97. The molecule has 2 nitrogen and oxygen atoms in total. The van der Waals surface area contributed by atoms with Gasteiger partial charge in [0.25, 0.3) is 0 Å². The van der Waals surface area contributed by atoms with Gasteiger partial charge in [0, 0.05) is 59.6 Å². The van der Waals surface area contributed by atoms with Gasteiger partial charge in [-0.05, 0) is 141 Å². The van der Waals surface area contributed by atoms with E-state index in [0.29, 0.717) is 0 Å². The summed E-state index contributed by atoms with van der Waals surface area (Å²) < 4.78 is 5.12. The van der Waals surface area contributed by atoms with Crippen LogP contribution in [0.2, 0.25) is 0 Å². The Morgan fingerprint density at radius 2 is 0.970 bits per heavy atom. The molecule has 316 valence electrons. The van der Waals surface area contributed by atoms with Gasteiger partial charge in [0.15, 0.2) is 0 Å². The smallest absolute Gasteiger partial charge is 0.0537 e. The van der Waals surface area contributed by atoms with E-state index in [1.807, 2.05) is 11.3 Å². The SMILES string of the molecule is C1=Cc2c(n(-c3cccc(-c4ccc(N(c5ccc(-c6cccc(-c7ccc8ccccc8c7)c6)cc5)c5ccc(-c6cccc7c6sc6ccccc67)cc5)cc4)c3)c3ccccc23)CC1. The van der Waals surface area contributed by atoms with E-state index < -0.39 is 0 Å². The van der Waals surface area contributed by atoms with Crippen LogP contribution in [0.1, 0.15) is 17.7 Å². The van der Waals surface area contributed by atoms with Gasteiger partial charge in [-0.3, -0.25) is 0 Å². The minimum Gasteiger partial charge on any atom is -0.313 e. The Kier molecular flexibility index (Phi) is 9.54. The Hall–Kier alpha value is -8.24. The van der Waals surface area contributed by atoms with Gasteiger partial charge < -0.3 is 9.47 Å². The fourth-order valence-corrected chi connectivity index (χ4v) is 11.6. The third-order valence-electron chi connectivity index (χ3n) is 13.7. The van der Waals surface area contributed by atoms with Crippen LogP contribution < -0.4 is 4.90 Å². The number of anilines is 3. The molecule has 3 heteroatoms. The Morgan fingerprint density at radius 3 is 1.73 bits per heavy atom. The van der Waals surface area contributed by atoms with E-state index in [-0.39, 0.29) is 0 Å². The summed E-state index contributed by atoms with van der Waals surface area (Å²) in [6.07, 6.45) is 6.72. The Balaban J connectivity index is 0.865. The molecule has 0 fully saturated rings. The highest BCUT2D eigenvalue weighted by molar-refractivity contribution is 7.26. The zero-order valence-electron chi connectivity index (χ0n) is 36.8. The monoisotopic (exact) mass is 872 g/mol. The number of thiophene rings is 1. The molecule has 2 heterocycles. The first-order valence-corrected chi connectivity index (χ1v) is 24.0. The number of aromatic nitrogens is 1. The normalized spacial score (nSPS) is 12.3. The molecule has 0 atom stereocenters. The van der Waals surface area contributed by atoms with Crippen molar-refractivity contribution < 1.29 is 0 Å². The summed E-state index contributed by atoms with van der Waals surface area (Å²) in [6, 6.07) is 84.8. The number of para-hydroxylation sites is 1. The zero-order valence-corrected chi connectivity index (χ0v) is 37.6. The lowest BCUT2D eigenvalue weighted by molar-refractivity contribution is 0.889. The molecule has 2 aromatic heterocycles. The van der Waals surface area contributed by atoms with E-state index in [1.54, 1.807) is 0 Å². The molecule has 0 aliphatic heterocycles. The van der Waals surface area contributed by atoms with Gasteiger partial charge in [-0.15, -0.1) is 11.3 Å². The van der Waals surface area contributed by atoms with Crippen LogP contribution in [0.5, 0.6) is 0 Å². The highest BCUT2D eigenvalue weighted by Gasteiger charge is 2.20. The van der Waals surface area contributed by atoms with Crippen LogP contribution >= 0.6 is 11.3 Å². The molecule has 0 spiro atoms. The lowest BCUT2D eigenvalue weighted by Gasteiger charge is -2.26. The van der Waals surface area contributed by atoms with Gasteiger partial charge in [-0.2, -0.15) is 0 Å². The van der Waals surface area contributed by atoms with Crippen LogP contribution in [0.25, 0.3) is 98.1 Å². The Bertz CT molecular complexity index is 3850.